The highest BCUT2D eigenvalue weighted by atomic mass is 32.2. The number of sulfonamides is 1. The lowest BCUT2D eigenvalue weighted by atomic mass is 10.2. The second-order valence-corrected chi connectivity index (χ2v) is 7.96. The molecule has 0 saturated heterocycles. The Morgan fingerprint density at radius 1 is 1.07 bits per heavy atom. The van der Waals surface area contributed by atoms with E-state index in [0.717, 1.165) is 41.4 Å². The highest BCUT2D eigenvalue weighted by Crippen LogP contribution is 2.23. The van der Waals surface area contributed by atoms with Crippen LogP contribution in [-0.2, 0) is 16.6 Å². The summed E-state index contributed by atoms with van der Waals surface area (Å²) in [4.78, 5) is 26.4. The molecule has 0 bridgehead atoms. The summed E-state index contributed by atoms with van der Waals surface area (Å²) < 4.78 is 40.5. The maximum Gasteiger partial charge on any atom is 0.330 e. The van der Waals surface area contributed by atoms with Crippen LogP contribution in [0.1, 0.15) is 5.56 Å². The molecule has 8 nitrogen and oxygen atoms in total. The molecule has 0 fully saturated rings. The van der Waals surface area contributed by atoms with Gasteiger partial charge in [-0.05, 0) is 29.8 Å². The number of hydrogen-bond acceptors (Lipinski definition) is 5. The van der Waals surface area contributed by atoms with E-state index in [1.807, 2.05) is 0 Å². The van der Waals surface area contributed by atoms with Gasteiger partial charge in [-0.25, -0.2) is 17.6 Å². The van der Waals surface area contributed by atoms with Crippen LogP contribution in [0.4, 0.5) is 15.9 Å². The molecule has 0 radical (unpaired) electrons. The molecule has 0 spiro atoms. The minimum atomic E-state index is -4.20. The Bertz CT molecular complexity index is 1220. The Balaban J connectivity index is 2.11. The van der Waals surface area contributed by atoms with Gasteiger partial charge in [0.25, 0.3) is 15.6 Å². The number of H-pyrrole nitrogens is 1. The van der Waals surface area contributed by atoms with Gasteiger partial charge < -0.3 is 5.73 Å². The van der Waals surface area contributed by atoms with Gasteiger partial charge >= 0.3 is 5.69 Å². The van der Waals surface area contributed by atoms with Crippen molar-refractivity contribution in [2.75, 3.05) is 17.1 Å². The molecule has 3 rings (SSSR count). The Labute approximate surface area is 159 Å². The van der Waals surface area contributed by atoms with Crippen molar-refractivity contribution in [1.82, 2.24) is 9.55 Å². The first-order valence-corrected chi connectivity index (χ1v) is 9.57. The molecule has 0 unspecified atom stereocenters. The molecule has 10 heteroatoms. The van der Waals surface area contributed by atoms with E-state index in [0.29, 0.717) is 4.31 Å². The molecule has 1 aromatic heterocycles. The zero-order valence-corrected chi connectivity index (χ0v) is 15.6. The van der Waals surface area contributed by atoms with Gasteiger partial charge in [-0.1, -0.05) is 30.3 Å². The topological polar surface area (TPSA) is 118 Å². The van der Waals surface area contributed by atoms with Crippen molar-refractivity contribution in [2.24, 2.45) is 0 Å². The monoisotopic (exact) mass is 404 g/mol. The molecule has 0 atom stereocenters. The SMILES string of the molecule is CN(c1c(N)n(Cc2ccccc2)c(=O)[nH]c1=O)S(=O)(=O)c1ccc(F)cc1. The van der Waals surface area contributed by atoms with Gasteiger partial charge in [0.15, 0.2) is 5.69 Å². The van der Waals surface area contributed by atoms with Crippen molar-refractivity contribution in [3.8, 4) is 0 Å². The van der Waals surface area contributed by atoms with Crippen LogP contribution in [0.15, 0.2) is 69.1 Å². The van der Waals surface area contributed by atoms with E-state index in [9.17, 15) is 22.4 Å². The molecule has 3 aromatic rings. The quantitative estimate of drug-likeness (QED) is 0.661. The van der Waals surface area contributed by atoms with Gasteiger partial charge in [-0.2, -0.15) is 0 Å². The summed E-state index contributed by atoms with van der Waals surface area (Å²) in [5.41, 5.74) is 4.64. The van der Waals surface area contributed by atoms with Crippen molar-refractivity contribution in [1.29, 1.82) is 0 Å². The lowest BCUT2D eigenvalue weighted by Crippen LogP contribution is -2.39. The first kappa shape index (κ1) is 19.4. The minimum Gasteiger partial charge on any atom is -0.383 e. The highest BCUT2D eigenvalue weighted by Gasteiger charge is 2.27. The summed E-state index contributed by atoms with van der Waals surface area (Å²) in [7, 11) is -3.07. The van der Waals surface area contributed by atoms with E-state index in [2.05, 4.69) is 4.98 Å². The van der Waals surface area contributed by atoms with E-state index in [-0.39, 0.29) is 17.3 Å². The Morgan fingerprint density at radius 3 is 2.29 bits per heavy atom. The van der Waals surface area contributed by atoms with Crippen LogP contribution in [0.25, 0.3) is 0 Å². The summed E-state index contributed by atoms with van der Waals surface area (Å²) in [6, 6.07) is 13.0. The van der Waals surface area contributed by atoms with Crippen molar-refractivity contribution in [2.45, 2.75) is 11.4 Å². The average Bonchev–Trinajstić information content (AvgIpc) is 2.66. The standard InChI is InChI=1S/C18H17FN4O4S/c1-22(28(26,27)14-9-7-13(19)8-10-14)15-16(20)23(18(25)21-17(15)24)11-12-5-3-2-4-6-12/h2-10H,11,20H2,1H3,(H,21,24,25). The van der Waals surface area contributed by atoms with E-state index in [1.165, 1.54) is 0 Å². The van der Waals surface area contributed by atoms with Crippen LogP contribution in [0.3, 0.4) is 0 Å². The third-order valence-electron chi connectivity index (χ3n) is 4.18. The van der Waals surface area contributed by atoms with Gasteiger partial charge in [0, 0.05) is 7.05 Å². The van der Waals surface area contributed by atoms with Gasteiger partial charge in [-0.3, -0.25) is 18.7 Å². The number of nitrogens with two attached hydrogens (primary N) is 1. The van der Waals surface area contributed by atoms with Crippen molar-refractivity contribution >= 4 is 21.5 Å². The van der Waals surface area contributed by atoms with E-state index < -0.39 is 32.8 Å². The third-order valence-corrected chi connectivity index (χ3v) is 5.96. The fraction of sp³-hybridized carbons (Fsp3) is 0.111. The zero-order chi connectivity index (χ0) is 20.5. The Morgan fingerprint density at radius 2 is 1.68 bits per heavy atom. The predicted octanol–water partition coefficient (Wildman–Crippen LogP) is 1.13. The predicted molar refractivity (Wildman–Crippen MR) is 103 cm³/mol. The molecule has 0 saturated carbocycles. The van der Waals surface area contributed by atoms with E-state index in [4.69, 9.17) is 5.73 Å². The zero-order valence-electron chi connectivity index (χ0n) is 14.8. The average molecular weight is 404 g/mol. The number of nitrogens with one attached hydrogen (secondary N) is 1. The van der Waals surface area contributed by atoms with Crippen LogP contribution in [0, 0.1) is 5.82 Å². The van der Waals surface area contributed by atoms with Crippen molar-refractivity contribution in [3.05, 3.63) is 86.8 Å². The number of nitrogen functional groups attached to an aromatic ring is 1. The fourth-order valence-electron chi connectivity index (χ4n) is 2.69. The third kappa shape index (κ3) is 3.54. The maximum absolute atomic E-state index is 13.1. The van der Waals surface area contributed by atoms with Gasteiger partial charge in [-0.15, -0.1) is 0 Å². The molecule has 0 aliphatic carbocycles. The second-order valence-electron chi connectivity index (χ2n) is 5.99. The van der Waals surface area contributed by atoms with Crippen LogP contribution in [0.5, 0.6) is 0 Å². The number of hydrogen-bond donors (Lipinski definition) is 2. The summed E-state index contributed by atoms with van der Waals surface area (Å²) in [5.74, 6) is -0.902. The highest BCUT2D eigenvalue weighted by molar-refractivity contribution is 7.92. The molecule has 0 aliphatic rings. The molecule has 146 valence electrons. The van der Waals surface area contributed by atoms with Crippen LogP contribution in [0.2, 0.25) is 0 Å². The number of anilines is 2. The molecule has 0 amide bonds. The molecule has 2 aromatic carbocycles. The molecule has 3 N–H and O–H groups in total. The summed E-state index contributed by atoms with van der Waals surface area (Å²) in [5, 5.41) is 0. The van der Waals surface area contributed by atoms with Gasteiger partial charge in [0.1, 0.15) is 11.6 Å². The summed E-state index contributed by atoms with van der Waals surface area (Å²) in [6.07, 6.45) is 0. The Kier molecular flexibility index (Phi) is 5.06. The fourth-order valence-corrected chi connectivity index (χ4v) is 3.90. The Hall–Kier alpha value is -3.40. The molecule has 28 heavy (non-hydrogen) atoms. The van der Waals surface area contributed by atoms with Gasteiger partial charge in [0.05, 0.1) is 11.4 Å². The minimum absolute atomic E-state index is 0.0414. The maximum atomic E-state index is 13.1. The lowest BCUT2D eigenvalue weighted by molar-refractivity contribution is 0.592. The van der Waals surface area contributed by atoms with Crippen LogP contribution < -0.4 is 21.3 Å². The largest absolute Gasteiger partial charge is 0.383 e. The number of rotatable bonds is 5. The van der Waals surface area contributed by atoms with Crippen molar-refractivity contribution in [3.63, 3.8) is 0 Å². The van der Waals surface area contributed by atoms with Gasteiger partial charge in [0.2, 0.25) is 0 Å². The second kappa shape index (κ2) is 7.31. The van der Waals surface area contributed by atoms with Crippen molar-refractivity contribution < 1.29 is 12.8 Å². The summed E-state index contributed by atoms with van der Waals surface area (Å²) in [6.45, 7) is 0.0414. The smallest absolute Gasteiger partial charge is 0.330 e. The molecular weight excluding hydrogens is 387 g/mol. The number of aromatic nitrogens is 2. The molecular formula is C18H17FN4O4S. The lowest BCUT2D eigenvalue weighted by Gasteiger charge is -2.21. The number of halogens is 1. The number of nitrogens with zero attached hydrogens (tertiary/aromatic N) is 2. The molecule has 1 heterocycles. The number of aromatic amines is 1. The van der Waals surface area contributed by atoms with E-state index >= 15 is 0 Å². The normalized spacial score (nSPS) is 11.4. The first-order chi connectivity index (χ1) is 13.2. The first-order valence-electron chi connectivity index (χ1n) is 8.13. The summed E-state index contributed by atoms with van der Waals surface area (Å²) >= 11 is 0. The molecule has 0 aliphatic heterocycles. The number of benzene rings is 2. The van der Waals surface area contributed by atoms with E-state index in [1.54, 1.807) is 30.3 Å². The van der Waals surface area contributed by atoms with Crippen LogP contribution in [-0.4, -0.2) is 25.0 Å². The van der Waals surface area contributed by atoms with Crippen LogP contribution >= 0.6 is 0 Å².